The Labute approximate surface area is 170 Å². The van der Waals surface area contributed by atoms with Crippen LogP contribution in [0.4, 0.5) is 14.6 Å². The fourth-order valence-electron chi connectivity index (χ4n) is 3.76. The zero-order chi connectivity index (χ0) is 20.6. The van der Waals surface area contributed by atoms with Gasteiger partial charge in [-0.15, -0.1) is 0 Å². The van der Waals surface area contributed by atoms with Crippen molar-refractivity contribution in [2.75, 3.05) is 31.2 Å². The van der Waals surface area contributed by atoms with E-state index in [0.717, 1.165) is 0 Å². The van der Waals surface area contributed by atoms with E-state index in [1.165, 1.54) is 6.07 Å². The third kappa shape index (κ3) is 3.44. The van der Waals surface area contributed by atoms with Crippen molar-refractivity contribution in [2.24, 2.45) is 5.92 Å². The number of nitrogens with zero attached hydrogens (tertiary/aromatic N) is 4. The van der Waals surface area contributed by atoms with Crippen molar-refractivity contribution < 1.29 is 16.7 Å². The standard InChI is InChI=1S/C20H24F2N6O.2H2/c1-12(2)20(29,11-21)15-10-28(9-8-23-15)16-6-5-14(22)18(25-16)17-13-4-3-7-24-19(13)27-26-17;;/h3-7,12,15,23,29H,8-11H2,1-2H3,(H,24,26,27);2*1H. The van der Waals surface area contributed by atoms with Crippen molar-refractivity contribution in [3.63, 3.8) is 0 Å². The average molecular weight is 406 g/mol. The highest BCUT2D eigenvalue weighted by Gasteiger charge is 2.42. The SMILES string of the molecule is CC(C)C(O)(CF)C1CN(c2ccc(F)c(-c3[nH]nc4ncccc34)n2)CCN1.[HH].[HH]. The highest BCUT2D eigenvalue weighted by atomic mass is 19.1. The summed E-state index contributed by atoms with van der Waals surface area (Å²) in [6.07, 6.45) is 1.62. The van der Waals surface area contributed by atoms with Crippen LogP contribution in [0.2, 0.25) is 0 Å². The number of nitrogens with one attached hydrogen (secondary N) is 2. The first kappa shape index (κ1) is 19.7. The number of halogens is 2. The number of hydrogen-bond acceptors (Lipinski definition) is 6. The molecule has 2 unspecified atom stereocenters. The number of pyridine rings is 2. The van der Waals surface area contributed by atoms with Crippen LogP contribution in [0.5, 0.6) is 0 Å². The zero-order valence-corrected chi connectivity index (χ0v) is 16.4. The number of H-pyrrole nitrogens is 1. The number of aromatic amines is 1. The van der Waals surface area contributed by atoms with Crippen molar-refractivity contribution in [1.29, 1.82) is 0 Å². The second kappa shape index (κ2) is 7.64. The summed E-state index contributed by atoms with van der Waals surface area (Å²) in [6.45, 7) is 4.29. The van der Waals surface area contributed by atoms with E-state index < -0.39 is 24.1 Å². The molecular formula is C20H28F2N6O. The fraction of sp³-hybridized carbons (Fsp3) is 0.450. The Hall–Kier alpha value is -2.65. The molecule has 7 nitrogen and oxygen atoms in total. The second-order valence-electron chi connectivity index (χ2n) is 7.71. The van der Waals surface area contributed by atoms with Crippen LogP contribution in [0, 0.1) is 11.7 Å². The van der Waals surface area contributed by atoms with Crippen LogP contribution < -0.4 is 10.2 Å². The summed E-state index contributed by atoms with van der Waals surface area (Å²) in [5, 5.41) is 21.6. The molecule has 0 spiro atoms. The van der Waals surface area contributed by atoms with Gasteiger partial charge >= 0.3 is 0 Å². The van der Waals surface area contributed by atoms with E-state index in [0.29, 0.717) is 42.2 Å². The normalized spacial score (nSPS) is 19.7. The molecule has 158 valence electrons. The molecule has 0 aliphatic carbocycles. The van der Waals surface area contributed by atoms with Crippen LogP contribution in [0.25, 0.3) is 22.4 Å². The minimum absolute atomic E-state index is 0. The summed E-state index contributed by atoms with van der Waals surface area (Å²) in [5.41, 5.74) is -0.382. The minimum atomic E-state index is -1.48. The Kier molecular flexibility index (Phi) is 5.18. The van der Waals surface area contributed by atoms with Crippen LogP contribution >= 0.6 is 0 Å². The third-order valence-electron chi connectivity index (χ3n) is 5.71. The molecule has 1 aliphatic rings. The number of alkyl halides is 1. The molecule has 0 aromatic carbocycles. The smallest absolute Gasteiger partial charge is 0.181 e. The summed E-state index contributed by atoms with van der Waals surface area (Å²) in [5.74, 6) is -0.174. The molecule has 1 saturated heterocycles. The van der Waals surface area contributed by atoms with E-state index in [1.807, 2.05) is 4.90 Å². The van der Waals surface area contributed by atoms with Gasteiger partial charge in [0.2, 0.25) is 0 Å². The fourth-order valence-corrected chi connectivity index (χ4v) is 3.76. The number of aromatic nitrogens is 4. The van der Waals surface area contributed by atoms with E-state index in [9.17, 15) is 13.9 Å². The lowest BCUT2D eigenvalue weighted by atomic mass is 9.83. The lowest BCUT2D eigenvalue weighted by Gasteiger charge is -2.44. The van der Waals surface area contributed by atoms with E-state index >= 15 is 0 Å². The topological polar surface area (TPSA) is 90.0 Å². The Balaban J connectivity index is 0.00000171. The van der Waals surface area contributed by atoms with Gasteiger partial charge in [-0.1, -0.05) is 13.8 Å². The molecule has 0 radical (unpaired) electrons. The van der Waals surface area contributed by atoms with Gasteiger partial charge in [-0.3, -0.25) is 5.10 Å². The summed E-state index contributed by atoms with van der Waals surface area (Å²) >= 11 is 0. The molecule has 0 saturated carbocycles. The van der Waals surface area contributed by atoms with Gasteiger partial charge in [0.15, 0.2) is 11.5 Å². The van der Waals surface area contributed by atoms with Crippen molar-refractivity contribution >= 4 is 16.9 Å². The maximum absolute atomic E-state index is 14.6. The van der Waals surface area contributed by atoms with Crippen LogP contribution in [0.15, 0.2) is 30.5 Å². The Morgan fingerprint density at radius 2 is 2.21 bits per heavy atom. The maximum Gasteiger partial charge on any atom is 0.181 e. The van der Waals surface area contributed by atoms with Crippen LogP contribution in [-0.2, 0) is 0 Å². The number of anilines is 1. The van der Waals surface area contributed by atoms with Gasteiger partial charge in [0.05, 0.1) is 11.7 Å². The van der Waals surface area contributed by atoms with Crippen molar-refractivity contribution in [3.8, 4) is 11.4 Å². The predicted molar refractivity (Wildman–Crippen MR) is 111 cm³/mol. The van der Waals surface area contributed by atoms with E-state index in [4.69, 9.17) is 0 Å². The summed E-state index contributed by atoms with van der Waals surface area (Å²) < 4.78 is 28.3. The molecule has 0 bridgehead atoms. The van der Waals surface area contributed by atoms with Gasteiger partial charge in [0, 0.05) is 34.1 Å². The highest BCUT2D eigenvalue weighted by Crippen LogP contribution is 2.30. The molecule has 2 atom stereocenters. The third-order valence-corrected chi connectivity index (χ3v) is 5.71. The minimum Gasteiger partial charge on any atom is -0.385 e. The highest BCUT2D eigenvalue weighted by molar-refractivity contribution is 5.89. The first-order valence-corrected chi connectivity index (χ1v) is 9.66. The number of fused-ring (bicyclic) bond motifs is 1. The van der Waals surface area contributed by atoms with Gasteiger partial charge in [0.1, 0.15) is 23.8 Å². The average Bonchev–Trinajstić information content (AvgIpc) is 3.17. The quantitative estimate of drug-likeness (QED) is 0.604. The lowest BCUT2D eigenvalue weighted by Crippen LogP contribution is -2.64. The molecule has 3 aromatic rings. The largest absolute Gasteiger partial charge is 0.385 e. The maximum atomic E-state index is 14.6. The number of rotatable bonds is 5. The molecule has 4 heterocycles. The van der Waals surface area contributed by atoms with Crippen molar-refractivity contribution in [1.82, 2.24) is 25.5 Å². The van der Waals surface area contributed by atoms with Gasteiger partial charge in [-0.05, 0) is 30.2 Å². The molecule has 4 rings (SSSR count). The summed E-state index contributed by atoms with van der Waals surface area (Å²) in [6, 6.07) is 6.06. The predicted octanol–water partition coefficient (Wildman–Crippen LogP) is 2.79. The van der Waals surface area contributed by atoms with E-state index in [-0.39, 0.29) is 14.5 Å². The van der Waals surface area contributed by atoms with Crippen LogP contribution in [0.3, 0.4) is 0 Å². The zero-order valence-electron chi connectivity index (χ0n) is 16.4. The molecule has 1 fully saturated rings. The molecule has 3 N–H and O–H groups in total. The van der Waals surface area contributed by atoms with Gasteiger partial charge in [-0.2, -0.15) is 5.10 Å². The second-order valence-corrected chi connectivity index (χ2v) is 7.71. The molecule has 29 heavy (non-hydrogen) atoms. The Morgan fingerprint density at radius 3 is 2.97 bits per heavy atom. The first-order valence-electron chi connectivity index (χ1n) is 9.66. The van der Waals surface area contributed by atoms with Crippen molar-refractivity contribution in [2.45, 2.75) is 25.5 Å². The molecular weight excluding hydrogens is 378 g/mol. The lowest BCUT2D eigenvalue weighted by molar-refractivity contribution is -0.0578. The number of aliphatic hydroxyl groups is 1. The van der Waals surface area contributed by atoms with Crippen LogP contribution in [0.1, 0.15) is 16.7 Å². The summed E-state index contributed by atoms with van der Waals surface area (Å²) in [7, 11) is 0. The monoisotopic (exact) mass is 406 g/mol. The van der Waals surface area contributed by atoms with Gasteiger partial charge in [-0.25, -0.2) is 18.7 Å². The summed E-state index contributed by atoms with van der Waals surface area (Å²) in [4.78, 5) is 10.6. The van der Waals surface area contributed by atoms with E-state index in [1.54, 1.807) is 38.2 Å². The molecule has 1 aliphatic heterocycles. The number of piperazine rings is 1. The Bertz CT molecular complexity index is 1020. The van der Waals surface area contributed by atoms with E-state index in [2.05, 4.69) is 25.5 Å². The number of hydrogen-bond donors (Lipinski definition) is 3. The first-order chi connectivity index (χ1) is 13.9. The molecule has 9 heteroatoms. The van der Waals surface area contributed by atoms with Gasteiger partial charge < -0.3 is 15.3 Å². The van der Waals surface area contributed by atoms with Gasteiger partial charge in [0.25, 0.3) is 0 Å². The van der Waals surface area contributed by atoms with Crippen molar-refractivity contribution in [3.05, 3.63) is 36.3 Å². The molecule has 3 aromatic heterocycles. The molecule has 0 amide bonds. The Morgan fingerprint density at radius 1 is 1.38 bits per heavy atom. The van der Waals surface area contributed by atoms with Crippen LogP contribution in [-0.4, -0.2) is 63.2 Å².